The number of carbonyl (C=O) groups excluding carboxylic acids is 2. The Morgan fingerprint density at radius 3 is 2.45 bits per heavy atom. The van der Waals surface area contributed by atoms with Gasteiger partial charge in [-0.2, -0.15) is 0 Å². The van der Waals surface area contributed by atoms with Crippen molar-refractivity contribution in [2.24, 2.45) is 0 Å². The Morgan fingerprint density at radius 1 is 1.14 bits per heavy atom. The number of ether oxygens (including phenoxy) is 1. The van der Waals surface area contributed by atoms with Crippen molar-refractivity contribution in [2.45, 2.75) is 44.6 Å². The maximum absolute atomic E-state index is 11.8. The van der Waals surface area contributed by atoms with Gasteiger partial charge in [0.05, 0.1) is 0 Å². The van der Waals surface area contributed by atoms with Gasteiger partial charge in [-0.15, -0.1) is 0 Å². The Bertz CT molecular complexity index is 612. The Balaban J connectivity index is 1.83. The van der Waals surface area contributed by atoms with Crippen LogP contribution in [-0.2, 0) is 9.53 Å². The van der Waals surface area contributed by atoms with E-state index < -0.39 is 23.8 Å². The quantitative estimate of drug-likeness (QED) is 0.536. The fraction of sp³-hybridized carbons (Fsp3) is 0.571. The van der Waals surface area contributed by atoms with Crippen LogP contribution in [-0.4, -0.2) is 34.5 Å². The lowest BCUT2D eigenvalue weighted by atomic mass is 10.1. The minimum absolute atomic E-state index is 0.119. The molecule has 1 fully saturated rings. The minimum atomic E-state index is -0.917. The summed E-state index contributed by atoms with van der Waals surface area (Å²) in [5.41, 5.74) is -1.79. The first kappa shape index (κ1) is 16.0. The van der Waals surface area contributed by atoms with Crippen molar-refractivity contribution in [2.75, 3.05) is 6.61 Å². The average molecular weight is 309 g/mol. The van der Waals surface area contributed by atoms with Gasteiger partial charge in [0.2, 0.25) is 0 Å². The summed E-state index contributed by atoms with van der Waals surface area (Å²) in [5.74, 6) is -1.30. The molecule has 1 aliphatic carbocycles. The third-order valence-corrected chi connectivity index (χ3v) is 3.53. The SMILES string of the molecule is O=C(COC(=O)c1cc(=O)[nH]c(=O)[nH]1)NC1CCCCCC1. The predicted octanol–water partition coefficient (Wildman–Crippen LogP) is 0.0590. The Labute approximate surface area is 126 Å². The zero-order valence-electron chi connectivity index (χ0n) is 12.1. The summed E-state index contributed by atoms with van der Waals surface area (Å²) in [7, 11) is 0. The molecule has 0 atom stereocenters. The number of esters is 1. The number of rotatable bonds is 4. The molecule has 22 heavy (non-hydrogen) atoms. The van der Waals surface area contributed by atoms with E-state index in [-0.39, 0.29) is 17.6 Å². The highest BCUT2D eigenvalue weighted by Gasteiger charge is 2.16. The highest BCUT2D eigenvalue weighted by molar-refractivity contribution is 5.89. The van der Waals surface area contributed by atoms with Crippen LogP contribution in [0.4, 0.5) is 0 Å². The average Bonchev–Trinajstić information content (AvgIpc) is 2.72. The Kier molecular flexibility index (Phi) is 5.51. The van der Waals surface area contributed by atoms with E-state index in [1.54, 1.807) is 0 Å². The normalized spacial score (nSPS) is 15.8. The highest BCUT2D eigenvalue weighted by atomic mass is 16.5. The van der Waals surface area contributed by atoms with Crippen LogP contribution in [0.5, 0.6) is 0 Å². The van der Waals surface area contributed by atoms with E-state index in [2.05, 4.69) is 10.3 Å². The summed E-state index contributed by atoms with van der Waals surface area (Å²) in [6, 6.07) is 1.03. The van der Waals surface area contributed by atoms with E-state index in [0.29, 0.717) is 0 Å². The molecule has 3 N–H and O–H groups in total. The molecule has 1 aromatic heterocycles. The fourth-order valence-corrected chi connectivity index (χ4v) is 2.48. The molecule has 0 spiro atoms. The van der Waals surface area contributed by atoms with Crippen LogP contribution in [0, 0.1) is 0 Å². The van der Waals surface area contributed by atoms with Crippen molar-refractivity contribution in [3.05, 3.63) is 32.6 Å². The monoisotopic (exact) mass is 309 g/mol. The highest BCUT2D eigenvalue weighted by Crippen LogP contribution is 2.16. The third-order valence-electron chi connectivity index (χ3n) is 3.53. The van der Waals surface area contributed by atoms with Gasteiger partial charge in [0.15, 0.2) is 6.61 Å². The van der Waals surface area contributed by atoms with Crippen molar-refractivity contribution in [1.82, 2.24) is 15.3 Å². The van der Waals surface area contributed by atoms with Crippen LogP contribution in [0.25, 0.3) is 0 Å². The molecule has 2 rings (SSSR count). The maximum atomic E-state index is 11.8. The van der Waals surface area contributed by atoms with Crippen molar-refractivity contribution < 1.29 is 14.3 Å². The lowest BCUT2D eigenvalue weighted by Crippen LogP contribution is -2.37. The van der Waals surface area contributed by atoms with E-state index >= 15 is 0 Å². The number of H-pyrrole nitrogens is 2. The number of aromatic amines is 2. The van der Waals surface area contributed by atoms with Crippen LogP contribution in [0.3, 0.4) is 0 Å². The van der Waals surface area contributed by atoms with Crippen LogP contribution < -0.4 is 16.6 Å². The molecular formula is C14H19N3O5. The molecule has 0 unspecified atom stereocenters. The topological polar surface area (TPSA) is 121 Å². The number of nitrogens with one attached hydrogen (secondary N) is 3. The van der Waals surface area contributed by atoms with Gasteiger partial charge >= 0.3 is 11.7 Å². The first-order valence-electron chi connectivity index (χ1n) is 7.35. The molecule has 0 aliphatic heterocycles. The van der Waals surface area contributed by atoms with E-state index in [9.17, 15) is 19.2 Å². The largest absolute Gasteiger partial charge is 0.451 e. The molecule has 120 valence electrons. The molecule has 0 bridgehead atoms. The summed E-state index contributed by atoms with van der Waals surface area (Å²) >= 11 is 0. The van der Waals surface area contributed by atoms with E-state index in [4.69, 9.17) is 4.74 Å². The summed E-state index contributed by atoms with van der Waals surface area (Å²) in [5, 5.41) is 2.83. The first-order chi connectivity index (χ1) is 10.5. The Hall–Kier alpha value is -2.38. The second-order valence-electron chi connectivity index (χ2n) is 5.33. The molecule has 1 aliphatic rings. The summed E-state index contributed by atoms with van der Waals surface area (Å²) < 4.78 is 4.80. The van der Waals surface area contributed by atoms with Gasteiger partial charge in [-0.05, 0) is 12.8 Å². The summed E-state index contributed by atoms with van der Waals surface area (Å²) in [4.78, 5) is 49.7. The van der Waals surface area contributed by atoms with Gasteiger partial charge in [0.1, 0.15) is 5.69 Å². The number of hydrogen-bond donors (Lipinski definition) is 3. The number of hydrogen-bond acceptors (Lipinski definition) is 5. The standard InChI is InChI=1S/C14H19N3O5/c18-11-7-10(16-14(21)17-11)13(20)22-8-12(19)15-9-5-3-1-2-4-6-9/h7,9H,1-6,8H2,(H,15,19)(H2,16,17,18,21). The molecular weight excluding hydrogens is 290 g/mol. The van der Waals surface area contributed by atoms with Crippen molar-refractivity contribution in [3.8, 4) is 0 Å². The minimum Gasteiger partial charge on any atom is -0.451 e. The van der Waals surface area contributed by atoms with Gasteiger partial charge in [0.25, 0.3) is 11.5 Å². The molecule has 1 amide bonds. The molecule has 0 radical (unpaired) electrons. The van der Waals surface area contributed by atoms with Crippen molar-refractivity contribution >= 4 is 11.9 Å². The maximum Gasteiger partial charge on any atom is 0.355 e. The Morgan fingerprint density at radius 2 is 1.82 bits per heavy atom. The zero-order valence-corrected chi connectivity index (χ0v) is 12.1. The number of aromatic nitrogens is 2. The van der Waals surface area contributed by atoms with Crippen LogP contribution in [0.2, 0.25) is 0 Å². The van der Waals surface area contributed by atoms with Crippen molar-refractivity contribution in [3.63, 3.8) is 0 Å². The molecule has 1 saturated carbocycles. The van der Waals surface area contributed by atoms with Crippen LogP contribution in [0.15, 0.2) is 15.7 Å². The molecule has 8 nitrogen and oxygen atoms in total. The first-order valence-corrected chi connectivity index (χ1v) is 7.35. The van der Waals surface area contributed by atoms with E-state index in [1.165, 1.54) is 12.8 Å². The summed E-state index contributed by atoms with van der Waals surface area (Å²) in [6.07, 6.45) is 6.38. The number of amides is 1. The van der Waals surface area contributed by atoms with Gasteiger partial charge in [-0.1, -0.05) is 25.7 Å². The fourth-order valence-electron chi connectivity index (χ4n) is 2.48. The smallest absolute Gasteiger partial charge is 0.355 e. The lowest BCUT2D eigenvalue weighted by Gasteiger charge is -2.16. The molecule has 1 aromatic rings. The molecule has 8 heteroatoms. The van der Waals surface area contributed by atoms with Crippen molar-refractivity contribution in [1.29, 1.82) is 0 Å². The van der Waals surface area contributed by atoms with Crippen LogP contribution >= 0.6 is 0 Å². The van der Waals surface area contributed by atoms with Gasteiger partial charge in [-0.25, -0.2) is 9.59 Å². The second-order valence-corrected chi connectivity index (χ2v) is 5.33. The van der Waals surface area contributed by atoms with Crippen LogP contribution in [0.1, 0.15) is 49.0 Å². The van der Waals surface area contributed by atoms with Gasteiger partial charge < -0.3 is 15.0 Å². The van der Waals surface area contributed by atoms with Gasteiger partial charge in [-0.3, -0.25) is 14.6 Å². The predicted molar refractivity (Wildman–Crippen MR) is 77.6 cm³/mol. The van der Waals surface area contributed by atoms with E-state index in [1.807, 2.05) is 4.98 Å². The number of carbonyl (C=O) groups is 2. The summed E-state index contributed by atoms with van der Waals surface area (Å²) in [6.45, 7) is -0.440. The lowest BCUT2D eigenvalue weighted by molar-refractivity contribution is -0.125. The molecule has 1 heterocycles. The second kappa shape index (κ2) is 7.58. The van der Waals surface area contributed by atoms with E-state index in [0.717, 1.165) is 31.7 Å². The van der Waals surface area contributed by atoms with Gasteiger partial charge in [0, 0.05) is 12.1 Å². The molecule has 0 saturated heterocycles. The third kappa shape index (κ3) is 4.87. The molecule has 0 aromatic carbocycles. The zero-order chi connectivity index (χ0) is 15.9.